The Morgan fingerprint density at radius 3 is 2.38 bits per heavy atom. The minimum absolute atomic E-state index is 0.363. The quantitative estimate of drug-likeness (QED) is 0.626. The van der Waals surface area contributed by atoms with Crippen molar-refractivity contribution >= 4 is 23.0 Å². The molecule has 4 heteroatoms. The minimum atomic E-state index is 0.363. The van der Waals surface area contributed by atoms with Crippen molar-refractivity contribution in [1.82, 2.24) is 4.90 Å². The van der Waals surface area contributed by atoms with Gasteiger partial charge in [-0.2, -0.15) is 0 Å². The summed E-state index contributed by atoms with van der Waals surface area (Å²) < 4.78 is 5.70. The number of likely N-dealkylation sites (N-methyl/N-ethyl adjacent to an activating group) is 1. The fraction of sp³-hybridized carbons (Fsp3) is 0.409. The molecule has 1 N–H and O–H groups in total. The maximum Gasteiger partial charge on any atom is 0.173 e. The van der Waals surface area contributed by atoms with Gasteiger partial charge >= 0.3 is 0 Å². The molecule has 140 valence electrons. The van der Waals surface area contributed by atoms with Gasteiger partial charge in [-0.25, -0.2) is 0 Å². The van der Waals surface area contributed by atoms with Crippen LogP contribution in [0.1, 0.15) is 38.3 Å². The predicted molar refractivity (Wildman–Crippen MR) is 115 cm³/mol. The Hall–Kier alpha value is -2.07. The van der Waals surface area contributed by atoms with Crippen LogP contribution in [-0.4, -0.2) is 29.2 Å². The second-order valence-corrected chi connectivity index (χ2v) is 6.78. The lowest BCUT2D eigenvalue weighted by atomic mass is 10.0. The summed E-state index contributed by atoms with van der Waals surface area (Å²) in [7, 11) is 0. The van der Waals surface area contributed by atoms with Crippen LogP contribution in [0, 0.1) is 6.92 Å². The lowest BCUT2D eigenvalue weighted by Crippen LogP contribution is -2.43. The lowest BCUT2D eigenvalue weighted by Gasteiger charge is -2.33. The molecule has 0 radical (unpaired) electrons. The van der Waals surface area contributed by atoms with Gasteiger partial charge in [-0.15, -0.1) is 0 Å². The van der Waals surface area contributed by atoms with Crippen molar-refractivity contribution in [2.45, 2.75) is 46.6 Å². The molecule has 0 bridgehead atoms. The van der Waals surface area contributed by atoms with Crippen LogP contribution < -0.4 is 10.1 Å². The van der Waals surface area contributed by atoms with E-state index in [1.54, 1.807) is 0 Å². The van der Waals surface area contributed by atoms with Crippen LogP contribution in [0.2, 0.25) is 0 Å². The Kier molecular flexibility index (Phi) is 7.92. The maximum atomic E-state index is 5.74. The third-order valence-corrected chi connectivity index (χ3v) is 4.87. The average Bonchev–Trinajstić information content (AvgIpc) is 2.65. The molecule has 26 heavy (non-hydrogen) atoms. The number of benzene rings is 2. The first-order valence-corrected chi connectivity index (χ1v) is 9.84. The van der Waals surface area contributed by atoms with Crippen LogP contribution in [0.3, 0.4) is 0 Å². The van der Waals surface area contributed by atoms with Gasteiger partial charge in [0, 0.05) is 12.6 Å². The first-order valence-electron chi connectivity index (χ1n) is 9.44. The van der Waals surface area contributed by atoms with Gasteiger partial charge in [0.25, 0.3) is 0 Å². The Labute approximate surface area is 163 Å². The van der Waals surface area contributed by atoms with Crippen molar-refractivity contribution in [2.75, 3.05) is 18.5 Å². The molecule has 0 saturated heterocycles. The molecule has 0 aliphatic carbocycles. The van der Waals surface area contributed by atoms with Gasteiger partial charge < -0.3 is 15.0 Å². The smallest absolute Gasteiger partial charge is 0.173 e. The van der Waals surface area contributed by atoms with E-state index in [9.17, 15) is 0 Å². The Bertz CT molecular complexity index is 700. The zero-order chi connectivity index (χ0) is 18.9. The molecule has 0 fully saturated rings. The summed E-state index contributed by atoms with van der Waals surface area (Å²) in [5.74, 6) is 0.833. The van der Waals surface area contributed by atoms with E-state index >= 15 is 0 Å². The molecular formula is C22H30N2OS. The highest BCUT2D eigenvalue weighted by Gasteiger charge is 2.19. The zero-order valence-electron chi connectivity index (χ0n) is 16.3. The number of ether oxygens (including phenoxy) is 1. The Balaban J connectivity index is 2.12. The summed E-state index contributed by atoms with van der Waals surface area (Å²) in [4.78, 5) is 2.28. The number of rotatable bonds is 8. The molecule has 0 heterocycles. The third-order valence-electron chi connectivity index (χ3n) is 4.53. The number of anilines is 1. The number of nitrogens with zero attached hydrogens (tertiary/aromatic N) is 1. The number of hydrogen-bond acceptors (Lipinski definition) is 2. The normalized spacial score (nSPS) is 11.7. The second kappa shape index (κ2) is 10.2. The largest absolute Gasteiger partial charge is 0.492 e. The number of aryl methyl sites for hydroxylation is 1. The van der Waals surface area contributed by atoms with E-state index in [4.69, 9.17) is 17.0 Å². The molecule has 0 amide bonds. The Morgan fingerprint density at radius 2 is 1.77 bits per heavy atom. The van der Waals surface area contributed by atoms with Crippen LogP contribution in [0.15, 0.2) is 48.5 Å². The van der Waals surface area contributed by atoms with Crippen LogP contribution in [0.25, 0.3) is 0 Å². The predicted octanol–water partition coefficient (Wildman–Crippen LogP) is 5.43. The number of nitrogens with one attached hydrogen (secondary N) is 1. The van der Waals surface area contributed by atoms with Gasteiger partial charge in [-0.1, -0.05) is 48.9 Å². The van der Waals surface area contributed by atoms with Crippen molar-refractivity contribution < 1.29 is 4.74 Å². The SMILES string of the molecule is CCOc1ccccc1NC(=S)N(CC)C(CC)Cc1ccc(C)cc1. The van der Waals surface area contributed by atoms with Crippen LogP contribution >= 0.6 is 12.2 Å². The highest BCUT2D eigenvalue weighted by Crippen LogP contribution is 2.25. The summed E-state index contributed by atoms with van der Waals surface area (Å²) in [6.07, 6.45) is 2.02. The van der Waals surface area contributed by atoms with Gasteiger partial charge in [0.05, 0.1) is 12.3 Å². The fourth-order valence-corrected chi connectivity index (χ4v) is 3.47. The Morgan fingerprint density at radius 1 is 1.08 bits per heavy atom. The van der Waals surface area contributed by atoms with Gasteiger partial charge in [0.15, 0.2) is 5.11 Å². The molecule has 1 atom stereocenters. The molecule has 1 unspecified atom stereocenters. The number of thiocarbonyl (C=S) groups is 1. The summed E-state index contributed by atoms with van der Waals surface area (Å²) in [6.45, 7) is 9.98. The first-order chi connectivity index (χ1) is 12.6. The van der Waals surface area contributed by atoms with Gasteiger partial charge in [-0.3, -0.25) is 0 Å². The average molecular weight is 371 g/mol. The standard InChI is InChI=1S/C22H30N2OS/c1-5-19(16-18-14-12-17(4)13-15-18)24(6-2)22(26)23-20-10-8-9-11-21(20)25-7-3/h8-15,19H,5-7,16H2,1-4H3,(H,23,26). The van der Waals surface area contributed by atoms with Crippen LogP contribution in [-0.2, 0) is 6.42 Å². The van der Waals surface area contributed by atoms with Gasteiger partial charge in [-0.05, 0) is 63.5 Å². The maximum absolute atomic E-state index is 5.74. The van der Waals surface area contributed by atoms with Crippen LogP contribution in [0.4, 0.5) is 5.69 Å². The van der Waals surface area contributed by atoms with E-state index in [-0.39, 0.29) is 0 Å². The lowest BCUT2D eigenvalue weighted by molar-refractivity contribution is 0.317. The molecule has 0 saturated carbocycles. The highest BCUT2D eigenvalue weighted by atomic mass is 32.1. The molecular weight excluding hydrogens is 340 g/mol. The van der Waals surface area contributed by atoms with Gasteiger partial charge in [0.2, 0.25) is 0 Å². The van der Waals surface area contributed by atoms with E-state index in [0.717, 1.165) is 35.9 Å². The third kappa shape index (κ3) is 5.46. The molecule has 2 aromatic rings. The summed E-state index contributed by atoms with van der Waals surface area (Å²) in [5.41, 5.74) is 3.56. The minimum Gasteiger partial charge on any atom is -0.492 e. The second-order valence-electron chi connectivity index (χ2n) is 6.40. The number of hydrogen-bond donors (Lipinski definition) is 1. The van der Waals surface area contributed by atoms with Crippen molar-refractivity contribution in [3.63, 3.8) is 0 Å². The molecule has 0 aliphatic heterocycles. The highest BCUT2D eigenvalue weighted by molar-refractivity contribution is 7.80. The number of para-hydroxylation sites is 2. The van der Waals surface area contributed by atoms with Crippen molar-refractivity contribution in [3.05, 3.63) is 59.7 Å². The first kappa shape index (κ1) is 20.2. The zero-order valence-corrected chi connectivity index (χ0v) is 17.1. The molecule has 2 rings (SSSR count). The van der Waals surface area contributed by atoms with Crippen LogP contribution in [0.5, 0.6) is 5.75 Å². The van der Waals surface area contributed by atoms with Crippen molar-refractivity contribution in [2.24, 2.45) is 0 Å². The van der Waals surface area contributed by atoms with Crippen molar-refractivity contribution in [1.29, 1.82) is 0 Å². The van der Waals surface area contributed by atoms with E-state index in [2.05, 4.69) is 55.3 Å². The molecule has 2 aromatic carbocycles. The monoisotopic (exact) mass is 370 g/mol. The topological polar surface area (TPSA) is 24.5 Å². The van der Waals surface area contributed by atoms with E-state index < -0.39 is 0 Å². The van der Waals surface area contributed by atoms with Gasteiger partial charge in [0.1, 0.15) is 5.75 Å². The van der Waals surface area contributed by atoms with Crippen molar-refractivity contribution in [3.8, 4) is 5.75 Å². The fourth-order valence-electron chi connectivity index (χ4n) is 3.08. The van der Waals surface area contributed by atoms with E-state index in [1.807, 2.05) is 31.2 Å². The molecule has 0 spiro atoms. The summed E-state index contributed by atoms with van der Waals surface area (Å²) in [6, 6.07) is 17.1. The molecule has 0 aromatic heterocycles. The van der Waals surface area contributed by atoms with E-state index in [0.29, 0.717) is 12.6 Å². The van der Waals surface area contributed by atoms with E-state index in [1.165, 1.54) is 11.1 Å². The summed E-state index contributed by atoms with van der Waals surface area (Å²) in [5, 5.41) is 4.14. The molecule has 0 aliphatic rings. The molecule has 3 nitrogen and oxygen atoms in total. The summed E-state index contributed by atoms with van der Waals surface area (Å²) >= 11 is 5.74.